The van der Waals surface area contributed by atoms with Gasteiger partial charge in [0.25, 0.3) is 5.91 Å². The molecule has 0 bridgehead atoms. The van der Waals surface area contributed by atoms with E-state index < -0.39 is 0 Å². The highest BCUT2D eigenvalue weighted by molar-refractivity contribution is 5.96. The Hall–Kier alpha value is -3.52. The van der Waals surface area contributed by atoms with Gasteiger partial charge in [-0.15, -0.1) is 0 Å². The van der Waals surface area contributed by atoms with E-state index >= 15 is 0 Å². The minimum atomic E-state index is -0.271. The summed E-state index contributed by atoms with van der Waals surface area (Å²) in [5.41, 5.74) is 2.45. The number of halogens is 2. The van der Waals surface area contributed by atoms with Crippen molar-refractivity contribution in [3.05, 3.63) is 89.0 Å². The third-order valence-corrected chi connectivity index (χ3v) is 6.64. The minimum Gasteiger partial charge on any atom is -0.481 e. The molecule has 6 nitrogen and oxygen atoms in total. The zero-order valence-electron chi connectivity index (χ0n) is 20.6. The fourth-order valence-electron chi connectivity index (χ4n) is 4.64. The molecule has 4 rings (SSSR count). The molecule has 0 saturated carbocycles. The number of hydrogen-bond acceptors (Lipinski definition) is 5. The van der Waals surface area contributed by atoms with Crippen LogP contribution in [-0.4, -0.2) is 67.6 Å². The molecular weight excluding hydrogens is 464 g/mol. The van der Waals surface area contributed by atoms with Crippen molar-refractivity contribution in [3.8, 4) is 11.8 Å². The van der Waals surface area contributed by atoms with E-state index in [1.54, 1.807) is 36.4 Å². The third kappa shape index (κ3) is 6.18. The van der Waals surface area contributed by atoms with E-state index in [2.05, 4.69) is 9.88 Å². The third-order valence-electron chi connectivity index (χ3n) is 6.64. The molecule has 0 unspecified atom stereocenters. The lowest BCUT2D eigenvalue weighted by atomic mass is 9.87. The van der Waals surface area contributed by atoms with E-state index in [0.29, 0.717) is 24.5 Å². The first-order chi connectivity index (χ1) is 17.5. The molecule has 36 heavy (non-hydrogen) atoms. The maximum atomic E-state index is 13.5. The SMILES string of the molecule is COc1ccc(C(=O)N2CCN(CCCC(c3ccc(F)cc3)c3ccc(F)cc3)CC2)c(OC)n1. The van der Waals surface area contributed by atoms with Crippen molar-refractivity contribution in [1.29, 1.82) is 0 Å². The number of hydrogen-bond donors (Lipinski definition) is 0. The number of methoxy groups -OCH3 is 2. The van der Waals surface area contributed by atoms with E-state index in [9.17, 15) is 13.6 Å². The highest BCUT2D eigenvalue weighted by Gasteiger charge is 2.25. The largest absolute Gasteiger partial charge is 0.481 e. The number of amides is 1. The second kappa shape index (κ2) is 11.9. The smallest absolute Gasteiger partial charge is 0.259 e. The van der Waals surface area contributed by atoms with Crippen molar-refractivity contribution in [2.45, 2.75) is 18.8 Å². The van der Waals surface area contributed by atoms with Gasteiger partial charge in [0.2, 0.25) is 11.8 Å². The van der Waals surface area contributed by atoms with Gasteiger partial charge in [-0.25, -0.2) is 8.78 Å². The zero-order valence-corrected chi connectivity index (χ0v) is 20.6. The van der Waals surface area contributed by atoms with Crippen molar-refractivity contribution in [2.75, 3.05) is 46.9 Å². The zero-order chi connectivity index (χ0) is 25.5. The normalized spacial score (nSPS) is 14.2. The topological polar surface area (TPSA) is 54.9 Å². The number of carbonyl (C=O) groups excluding carboxylic acids is 1. The molecule has 8 heteroatoms. The van der Waals surface area contributed by atoms with Crippen LogP contribution >= 0.6 is 0 Å². The van der Waals surface area contributed by atoms with E-state index in [1.165, 1.54) is 38.5 Å². The minimum absolute atomic E-state index is 0.0594. The van der Waals surface area contributed by atoms with Crippen LogP contribution in [0.3, 0.4) is 0 Å². The first kappa shape index (κ1) is 25.6. The maximum absolute atomic E-state index is 13.5. The van der Waals surface area contributed by atoms with Gasteiger partial charge in [0.15, 0.2) is 0 Å². The number of ether oxygens (including phenoxy) is 2. The van der Waals surface area contributed by atoms with E-state index in [4.69, 9.17) is 9.47 Å². The molecule has 0 atom stereocenters. The molecular formula is C28H31F2N3O3. The quantitative estimate of drug-likeness (QED) is 0.429. The van der Waals surface area contributed by atoms with Crippen molar-refractivity contribution in [1.82, 2.24) is 14.8 Å². The summed E-state index contributed by atoms with van der Waals surface area (Å²) in [6.45, 7) is 3.67. The van der Waals surface area contributed by atoms with Crippen molar-refractivity contribution < 1.29 is 23.0 Å². The van der Waals surface area contributed by atoms with Gasteiger partial charge in [-0.3, -0.25) is 9.69 Å². The first-order valence-electron chi connectivity index (χ1n) is 12.1. The van der Waals surface area contributed by atoms with Crippen LogP contribution in [0.1, 0.15) is 40.2 Å². The number of piperazine rings is 1. The van der Waals surface area contributed by atoms with Crippen LogP contribution in [0.15, 0.2) is 60.7 Å². The lowest BCUT2D eigenvalue weighted by Crippen LogP contribution is -2.48. The molecule has 0 radical (unpaired) electrons. The van der Waals surface area contributed by atoms with Crippen molar-refractivity contribution in [2.24, 2.45) is 0 Å². The summed E-state index contributed by atoms with van der Waals surface area (Å²) in [5.74, 6) is 0.0692. The molecule has 1 fully saturated rings. The Morgan fingerprint density at radius 1 is 0.861 bits per heavy atom. The Kier molecular flexibility index (Phi) is 8.48. The van der Waals surface area contributed by atoms with Gasteiger partial charge < -0.3 is 14.4 Å². The summed E-state index contributed by atoms with van der Waals surface area (Å²) >= 11 is 0. The Bertz CT molecular complexity index is 1100. The van der Waals surface area contributed by atoms with E-state index in [0.717, 1.165) is 43.6 Å². The van der Waals surface area contributed by atoms with Crippen LogP contribution in [-0.2, 0) is 0 Å². The van der Waals surface area contributed by atoms with Gasteiger partial charge >= 0.3 is 0 Å². The van der Waals surface area contributed by atoms with Crippen LogP contribution in [0.5, 0.6) is 11.8 Å². The van der Waals surface area contributed by atoms with Crippen LogP contribution in [0, 0.1) is 11.6 Å². The molecule has 1 aliphatic heterocycles. The summed E-state index contributed by atoms with van der Waals surface area (Å²) in [4.78, 5) is 21.4. The summed E-state index contributed by atoms with van der Waals surface area (Å²) in [7, 11) is 3.01. The predicted molar refractivity (Wildman–Crippen MR) is 134 cm³/mol. The summed E-state index contributed by atoms with van der Waals surface area (Å²) in [6, 6.07) is 16.4. The molecule has 1 amide bonds. The Morgan fingerprint density at radius 3 is 1.97 bits per heavy atom. The van der Waals surface area contributed by atoms with Crippen molar-refractivity contribution in [3.63, 3.8) is 0 Å². The Balaban J connectivity index is 1.33. The molecule has 0 aliphatic carbocycles. The van der Waals surface area contributed by atoms with Crippen LogP contribution in [0.25, 0.3) is 0 Å². The van der Waals surface area contributed by atoms with Gasteiger partial charge in [-0.1, -0.05) is 24.3 Å². The number of aromatic nitrogens is 1. The van der Waals surface area contributed by atoms with E-state index in [1.807, 2.05) is 4.90 Å². The van der Waals surface area contributed by atoms with Gasteiger partial charge in [-0.05, 0) is 60.8 Å². The molecule has 2 heterocycles. The number of benzene rings is 2. The summed E-state index contributed by atoms with van der Waals surface area (Å²) in [6.07, 6.45) is 1.77. The molecule has 1 aliphatic rings. The fourth-order valence-corrected chi connectivity index (χ4v) is 4.64. The summed E-state index contributed by atoms with van der Waals surface area (Å²) < 4.78 is 37.4. The fraction of sp³-hybridized carbons (Fsp3) is 0.357. The Labute approximate surface area is 210 Å². The molecule has 2 aromatic carbocycles. The molecule has 1 aromatic heterocycles. The molecule has 1 saturated heterocycles. The molecule has 0 N–H and O–H groups in total. The number of nitrogens with zero attached hydrogens (tertiary/aromatic N) is 3. The highest BCUT2D eigenvalue weighted by Crippen LogP contribution is 2.30. The number of carbonyl (C=O) groups is 1. The molecule has 0 spiro atoms. The average molecular weight is 496 g/mol. The lowest BCUT2D eigenvalue weighted by Gasteiger charge is -2.35. The number of rotatable bonds is 9. The van der Waals surface area contributed by atoms with Crippen LogP contribution in [0.2, 0.25) is 0 Å². The first-order valence-corrected chi connectivity index (χ1v) is 12.1. The standard InChI is InChI=1S/C28H31F2N3O3/c1-35-26-14-13-25(27(31-26)36-2)28(34)33-18-16-32(17-19-33)15-3-4-24(20-5-9-22(29)10-6-20)21-7-11-23(30)12-8-21/h5-14,24H,3-4,15-19H2,1-2H3. The summed E-state index contributed by atoms with van der Waals surface area (Å²) in [5, 5.41) is 0. The van der Waals surface area contributed by atoms with Crippen LogP contribution in [0.4, 0.5) is 8.78 Å². The highest BCUT2D eigenvalue weighted by atomic mass is 19.1. The maximum Gasteiger partial charge on any atom is 0.259 e. The van der Waals surface area contributed by atoms with Crippen LogP contribution < -0.4 is 9.47 Å². The van der Waals surface area contributed by atoms with Gasteiger partial charge in [0, 0.05) is 38.2 Å². The van der Waals surface area contributed by atoms with Gasteiger partial charge in [-0.2, -0.15) is 4.98 Å². The van der Waals surface area contributed by atoms with Gasteiger partial charge in [0.05, 0.1) is 14.2 Å². The second-order valence-corrected chi connectivity index (χ2v) is 8.84. The lowest BCUT2D eigenvalue weighted by molar-refractivity contribution is 0.0631. The Morgan fingerprint density at radius 2 is 1.44 bits per heavy atom. The van der Waals surface area contributed by atoms with Crippen molar-refractivity contribution >= 4 is 5.91 Å². The average Bonchev–Trinajstić information content (AvgIpc) is 2.92. The molecule has 190 valence electrons. The second-order valence-electron chi connectivity index (χ2n) is 8.84. The van der Waals surface area contributed by atoms with E-state index in [-0.39, 0.29) is 29.3 Å². The van der Waals surface area contributed by atoms with Gasteiger partial charge in [0.1, 0.15) is 17.2 Å². The monoisotopic (exact) mass is 495 g/mol. The molecule has 3 aromatic rings. The number of pyridine rings is 1. The predicted octanol–water partition coefficient (Wildman–Crippen LogP) is 4.75.